The molecule has 1 saturated heterocycles. The molecule has 15 heavy (non-hydrogen) atoms. The molecule has 0 bridgehead atoms. The van der Waals surface area contributed by atoms with Crippen LogP contribution in [0.4, 0.5) is 0 Å². The number of ether oxygens (including phenoxy) is 1. The quantitative estimate of drug-likeness (QED) is 0.313. The average molecular weight is 328 g/mol. The summed E-state index contributed by atoms with van der Waals surface area (Å²) in [6.07, 6.45) is 0. The minimum Gasteiger partial charge on any atom is -1.00 e. The summed E-state index contributed by atoms with van der Waals surface area (Å²) in [6.45, 7) is 7.05. The van der Waals surface area contributed by atoms with Crippen molar-refractivity contribution in [3.8, 4) is 0 Å². The van der Waals surface area contributed by atoms with E-state index in [2.05, 4.69) is 19.0 Å². The monoisotopic (exact) mass is 328 g/mol. The van der Waals surface area contributed by atoms with Crippen LogP contribution in [0.25, 0.3) is 0 Å². The lowest BCUT2D eigenvalue weighted by molar-refractivity contribution is -0.906. The number of halogens is 1. The van der Waals surface area contributed by atoms with E-state index in [0.717, 1.165) is 30.7 Å². The van der Waals surface area contributed by atoms with Gasteiger partial charge in [0.15, 0.2) is 6.54 Å². The van der Waals surface area contributed by atoms with Crippen molar-refractivity contribution in [2.24, 2.45) is 0 Å². The summed E-state index contributed by atoms with van der Waals surface area (Å²) in [7, 11) is 4.25. The van der Waals surface area contributed by atoms with Crippen LogP contribution >= 0.6 is 0 Å². The molecule has 1 fully saturated rings. The summed E-state index contributed by atoms with van der Waals surface area (Å²) in [4.78, 5) is 13.6. The van der Waals surface area contributed by atoms with Crippen LogP contribution in [0.5, 0.6) is 0 Å². The first-order valence-corrected chi connectivity index (χ1v) is 5.23. The number of hydrogen-bond donors (Lipinski definition) is 0. The number of carbonyl (C=O) groups is 1. The number of carbonyl (C=O) groups excluding carboxylic acids is 1. The molecule has 4 nitrogen and oxygen atoms in total. The van der Waals surface area contributed by atoms with Crippen molar-refractivity contribution in [2.75, 3.05) is 53.4 Å². The number of rotatable bonds is 3. The topological polar surface area (TPSA) is 29.5 Å². The van der Waals surface area contributed by atoms with Crippen molar-refractivity contribution < 1.29 is 38.0 Å². The molecule has 1 aliphatic rings. The fourth-order valence-corrected chi connectivity index (χ4v) is 1.72. The van der Waals surface area contributed by atoms with Gasteiger partial charge in [0.1, 0.15) is 0 Å². The van der Waals surface area contributed by atoms with Gasteiger partial charge in [-0.05, 0) is 14.0 Å². The van der Waals surface area contributed by atoms with Gasteiger partial charge in [0.25, 0.3) is 0 Å². The zero-order valence-corrected chi connectivity index (χ0v) is 12.0. The maximum absolute atomic E-state index is 11.3. The van der Waals surface area contributed by atoms with Crippen LogP contribution in [0.2, 0.25) is 0 Å². The number of esters is 1. The standard InChI is InChI=1S/C10H21N2O2.HI/c1-4-14-10(13)9-12(3)7-5-11(2)6-8-12;/h4-9H2,1-3H3;1H/q+1;/p-1. The van der Waals surface area contributed by atoms with Crippen LogP contribution in [0.15, 0.2) is 0 Å². The number of hydrogen-bond acceptors (Lipinski definition) is 3. The van der Waals surface area contributed by atoms with Crippen LogP contribution < -0.4 is 24.0 Å². The molecule has 90 valence electrons. The lowest BCUT2D eigenvalue weighted by Crippen LogP contribution is -3.00. The van der Waals surface area contributed by atoms with Gasteiger partial charge in [-0.1, -0.05) is 0 Å². The summed E-state index contributed by atoms with van der Waals surface area (Å²) >= 11 is 0. The van der Waals surface area contributed by atoms with Gasteiger partial charge in [-0.25, -0.2) is 4.79 Å². The van der Waals surface area contributed by atoms with Crippen LogP contribution in [0.1, 0.15) is 6.92 Å². The maximum Gasteiger partial charge on any atom is 0.361 e. The van der Waals surface area contributed by atoms with Gasteiger partial charge in [0.05, 0.1) is 26.7 Å². The first-order valence-electron chi connectivity index (χ1n) is 5.23. The third-order valence-corrected chi connectivity index (χ3v) is 2.86. The highest BCUT2D eigenvalue weighted by Crippen LogP contribution is 2.08. The number of piperazine rings is 1. The second-order valence-electron chi connectivity index (χ2n) is 4.33. The van der Waals surface area contributed by atoms with Crippen molar-refractivity contribution in [1.29, 1.82) is 0 Å². The van der Waals surface area contributed by atoms with Crippen LogP contribution in [0, 0.1) is 0 Å². The van der Waals surface area contributed by atoms with Crippen molar-refractivity contribution in [3.63, 3.8) is 0 Å². The minimum absolute atomic E-state index is 0. The molecule has 1 heterocycles. The zero-order chi connectivity index (χ0) is 10.6. The van der Waals surface area contributed by atoms with E-state index >= 15 is 0 Å². The van der Waals surface area contributed by atoms with E-state index in [1.807, 2.05) is 6.92 Å². The Labute approximate surface area is 109 Å². The second kappa shape index (κ2) is 6.65. The van der Waals surface area contributed by atoms with Crippen LogP contribution in [-0.2, 0) is 9.53 Å². The minimum atomic E-state index is -0.0699. The van der Waals surface area contributed by atoms with Crippen molar-refractivity contribution in [2.45, 2.75) is 6.92 Å². The van der Waals surface area contributed by atoms with Crippen molar-refractivity contribution in [3.05, 3.63) is 0 Å². The molecule has 0 spiro atoms. The molecule has 0 atom stereocenters. The SMILES string of the molecule is CCOC(=O)C[N+]1(C)CCN(C)CC1.[I-]. The molecular formula is C10H21IN2O2. The van der Waals surface area contributed by atoms with Crippen molar-refractivity contribution in [1.82, 2.24) is 4.90 Å². The first-order chi connectivity index (χ1) is 6.56. The van der Waals surface area contributed by atoms with E-state index in [1.165, 1.54) is 0 Å². The smallest absolute Gasteiger partial charge is 0.361 e. The molecular weight excluding hydrogens is 307 g/mol. The third kappa shape index (κ3) is 5.12. The van der Waals surface area contributed by atoms with Gasteiger partial charge in [0.2, 0.25) is 0 Å². The highest BCUT2D eigenvalue weighted by Gasteiger charge is 2.30. The summed E-state index contributed by atoms with van der Waals surface area (Å²) in [5, 5.41) is 0. The Morgan fingerprint density at radius 1 is 1.40 bits per heavy atom. The number of quaternary nitrogens is 1. The molecule has 5 heteroatoms. The van der Waals surface area contributed by atoms with Gasteiger partial charge in [-0.2, -0.15) is 0 Å². The van der Waals surface area contributed by atoms with Gasteiger partial charge >= 0.3 is 5.97 Å². The molecule has 0 aromatic heterocycles. The summed E-state index contributed by atoms with van der Waals surface area (Å²) in [6, 6.07) is 0. The van der Waals surface area contributed by atoms with Gasteiger partial charge in [-0.3, -0.25) is 4.90 Å². The second-order valence-corrected chi connectivity index (χ2v) is 4.33. The largest absolute Gasteiger partial charge is 1.00 e. The van der Waals surface area contributed by atoms with Crippen LogP contribution in [-0.4, -0.2) is 68.8 Å². The highest BCUT2D eigenvalue weighted by molar-refractivity contribution is 5.70. The first kappa shape index (κ1) is 15.1. The molecule has 0 saturated carbocycles. The summed E-state index contributed by atoms with van der Waals surface area (Å²) < 4.78 is 5.79. The number of nitrogens with zero attached hydrogens (tertiary/aromatic N) is 2. The fraction of sp³-hybridized carbons (Fsp3) is 0.900. The lowest BCUT2D eigenvalue weighted by atomic mass is 10.2. The van der Waals surface area contributed by atoms with E-state index in [9.17, 15) is 4.79 Å². The molecule has 0 unspecified atom stereocenters. The third-order valence-electron chi connectivity index (χ3n) is 2.86. The Morgan fingerprint density at radius 3 is 2.40 bits per heavy atom. The van der Waals surface area contributed by atoms with E-state index in [-0.39, 0.29) is 29.9 Å². The Hall–Kier alpha value is 0.120. The normalized spacial score (nSPS) is 20.5. The van der Waals surface area contributed by atoms with Crippen LogP contribution in [0.3, 0.4) is 0 Å². The predicted octanol–water partition coefficient (Wildman–Crippen LogP) is -3.05. The van der Waals surface area contributed by atoms with E-state index < -0.39 is 0 Å². The Bertz CT molecular complexity index is 204. The molecule has 0 radical (unpaired) electrons. The summed E-state index contributed by atoms with van der Waals surface area (Å²) in [5.74, 6) is -0.0699. The highest BCUT2D eigenvalue weighted by atomic mass is 127. The fourth-order valence-electron chi connectivity index (χ4n) is 1.72. The molecule has 0 amide bonds. The van der Waals surface area contributed by atoms with E-state index in [4.69, 9.17) is 4.74 Å². The molecule has 0 aliphatic carbocycles. The molecule has 1 aliphatic heterocycles. The average Bonchev–Trinajstić information content (AvgIpc) is 2.11. The summed E-state index contributed by atoms with van der Waals surface area (Å²) in [5.41, 5.74) is 0. The zero-order valence-electron chi connectivity index (χ0n) is 9.83. The van der Waals surface area contributed by atoms with Crippen molar-refractivity contribution >= 4 is 5.97 Å². The van der Waals surface area contributed by atoms with E-state index in [0.29, 0.717) is 13.2 Å². The molecule has 0 aromatic rings. The Balaban J connectivity index is 0.00000196. The predicted molar refractivity (Wildman–Crippen MR) is 54.9 cm³/mol. The van der Waals surface area contributed by atoms with Gasteiger partial charge in [-0.15, -0.1) is 0 Å². The lowest BCUT2D eigenvalue weighted by Gasteiger charge is -2.39. The molecule has 0 aromatic carbocycles. The van der Waals surface area contributed by atoms with Gasteiger partial charge < -0.3 is 33.2 Å². The maximum atomic E-state index is 11.3. The Morgan fingerprint density at radius 2 is 1.93 bits per heavy atom. The molecule has 1 rings (SSSR count). The number of likely N-dealkylation sites (N-methyl/N-ethyl adjacent to an activating group) is 2. The Kier molecular flexibility index (Phi) is 6.70. The molecule has 0 N–H and O–H groups in total. The van der Waals surface area contributed by atoms with E-state index in [1.54, 1.807) is 0 Å². The van der Waals surface area contributed by atoms with Gasteiger partial charge in [0, 0.05) is 13.1 Å².